The van der Waals surface area contributed by atoms with Crippen LogP contribution in [0.4, 0.5) is 0 Å². The maximum absolute atomic E-state index is 12.6. The van der Waals surface area contributed by atoms with Crippen molar-refractivity contribution in [2.75, 3.05) is 0 Å². The number of fused-ring (bicyclic) bond motifs is 1. The minimum Gasteiger partial charge on any atom is -0.508 e. The molecule has 4 heteroatoms. The number of ketones is 1. The molecule has 0 radical (unpaired) electrons. The number of hydrogen-bond donors (Lipinski definition) is 2. The Labute approximate surface area is 171 Å². The molecule has 1 aliphatic heterocycles. The molecule has 0 saturated heterocycles. The first-order valence-corrected chi connectivity index (χ1v) is 9.55. The van der Waals surface area contributed by atoms with Crippen molar-refractivity contribution in [3.63, 3.8) is 0 Å². The molecule has 0 spiro atoms. The van der Waals surface area contributed by atoms with Crippen LogP contribution in [-0.4, -0.2) is 27.7 Å². The number of ether oxygens (including phenoxy) is 1. The van der Waals surface area contributed by atoms with E-state index in [9.17, 15) is 15.0 Å². The van der Waals surface area contributed by atoms with E-state index in [1.165, 1.54) is 12.1 Å². The third-order valence-electron chi connectivity index (χ3n) is 4.84. The topological polar surface area (TPSA) is 66.8 Å². The van der Waals surface area contributed by atoms with Gasteiger partial charge in [0.05, 0.1) is 6.10 Å². The van der Waals surface area contributed by atoms with E-state index in [1.54, 1.807) is 25.1 Å². The average molecular weight is 390 g/mol. The van der Waals surface area contributed by atoms with Gasteiger partial charge in [0.15, 0.2) is 5.78 Å². The summed E-state index contributed by atoms with van der Waals surface area (Å²) in [4.78, 5) is 12.6. The Morgan fingerprint density at radius 2 is 2.00 bits per heavy atom. The summed E-state index contributed by atoms with van der Waals surface area (Å²) in [5.41, 5.74) is 3.11. The molecule has 29 heavy (non-hydrogen) atoms. The van der Waals surface area contributed by atoms with Gasteiger partial charge in [-0.15, -0.1) is 0 Å². The fourth-order valence-corrected chi connectivity index (χ4v) is 3.05. The summed E-state index contributed by atoms with van der Waals surface area (Å²) in [7, 11) is 0. The highest BCUT2D eigenvalue weighted by molar-refractivity contribution is 6.07. The Bertz CT molecular complexity index is 1010. The van der Waals surface area contributed by atoms with Crippen LogP contribution in [0.25, 0.3) is 12.2 Å². The second-order valence-electron chi connectivity index (χ2n) is 7.94. The normalized spacial score (nSPS) is 15.6. The number of aliphatic hydroxyl groups is 1. The van der Waals surface area contributed by atoms with Crippen LogP contribution in [0.15, 0.2) is 60.7 Å². The summed E-state index contributed by atoms with van der Waals surface area (Å²) >= 11 is 0. The fraction of sp³-hybridized carbons (Fsp3) is 0.240. The third kappa shape index (κ3) is 5.04. The SMILES string of the molecule is C=C(C)[C@@H](O)Cc1cc(C(=O)/C=C/c2ccc3c(c2)C=CC(C)(C)O3)ccc1O. The number of carbonyl (C=O) groups is 1. The van der Waals surface area contributed by atoms with Crippen molar-refractivity contribution in [3.05, 3.63) is 83.0 Å². The predicted molar refractivity (Wildman–Crippen MR) is 116 cm³/mol. The number of aliphatic hydroxyl groups excluding tert-OH is 1. The van der Waals surface area contributed by atoms with Crippen LogP contribution >= 0.6 is 0 Å². The van der Waals surface area contributed by atoms with Crippen molar-refractivity contribution < 1.29 is 19.7 Å². The second-order valence-corrected chi connectivity index (χ2v) is 7.94. The Balaban J connectivity index is 1.77. The third-order valence-corrected chi connectivity index (χ3v) is 4.84. The van der Waals surface area contributed by atoms with Gasteiger partial charge in [-0.3, -0.25) is 4.79 Å². The smallest absolute Gasteiger partial charge is 0.185 e. The van der Waals surface area contributed by atoms with Crippen LogP contribution in [0.5, 0.6) is 11.5 Å². The Morgan fingerprint density at radius 3 is 2.72 bits per heavy atom. The van der Waals surface area contributed by atoms with E-state index >= 15 is 0 Å². The van der Waals surface area contributed by atoms with Gasteiger partial charge in [0.2, 0.25) is 0 Å². The van der Waals surface area contributed by atoms with Crippen LogP contribution < -0.4 is 4.74 Å². The molecule has 2 aromatic carbocycles. The van der Waals surface area contributed by atoms with Crippen LogP contribution in [0.2, 0.25) is 0 Å². The predicted octanol–water partition coefficient (Wildman–Crippen LogP) is 4.95. The van der Waals surface area contributed by atoms with Crippen LogP contribution in [0.3, 0.4) is 0 Å². The van der Waals surface area contributed by atoms with E-state index in [2.05, 4.69) is 6.58 Å². The number of hydrogen-bond acceptors (Lipinski definition) is 4. The molecule has 0 aliphatic carbocycles. The lowest BCUT2D eigenvalue weighted by atomic mass is 9.98. The fourth-order valence-electron chi connectivity index (χ4n) is 3.05. The van der Waals surface area contributed by atoms with Gasteiger partial charge in [-0.05, 0) is 74.4 Å². The summed E-state index contributed by atoms with van der Waals surface area (Å²) in [6.07, 6.45) is 6.73. The van der Waals surface area contributed by atoms with Crippen molar-refractivity contribution in [1.82, 2.24) is 0 Å². The maximum atomic E-state index is 12.6. The summed E-state index contributed by atoms with van der Waals surface area (Å²) in [5.74, 6) is 0.692. The summed E-state index contributed by atoms with van der Waals surface area (Å²) in [6.45, 7) is 9.44. The van der Waals surface area contributed by atoms with E-state index < -0.39 is 6.10 Å². The molecule has 4 nitrogen and oxygen atoms in total. The molecule has 2 N–H and O–H groups in total. The molecule has 0 fully saturated rings. The molecule has 0 saturated carbocycles. The zero-order valence-corrected chi connectivity index (χ0v) is 17.0. The van der Waals surface area contributed by atoms with Crippen molar-refractivity contribution in [2.24, 2.45) is 0 Å². The van der Waals surface area contributed by atoms with E-state index in [0.29, 0.717) is 16.7 Å². The zero-order chi connectivity index (χ0) is 21.2. The highest BCUT2D eigenvalue weighted by atomic mass is 16.5. The monoisotopic (exact) mass is 390 g/mol. The molecule has 0 amide bonds. The van der Waals surface area contributed by atoms with Crippen LogP contribution in [-0.2, 0) is 6.42 Å². The van der Waals surface area contributed by atoms with E-state index in [4.69, 9.17) is 4.74 Å². The van der Waals surface area contributed by atoms with Crippen molar-refractivity contribution in [2.45, 2.75) is 38.9 Å². The number of rotatable bonds is 6. The molecule has 2 aromatic rings. The van der Waals surface area contributed by atoms with Crippen LogP contribution in [0, 0.1) is 0 Å². The number of carbonyl (C=O) groups excluding carboxylic acids is 1. The lowest BCUT2D eigenvalue weighted by molar-refractivity contribution is 0.104. The van der Waals surface area contributed by atoms with Crippen molar-refractivity contribution >= 4 is 17.9 Å². The van der Waals surface area contributed by atoms with Gasteiger partial charge in [-0.1, -0.05) is 30.4 Å². The number of aromatic hydroxyl groups is 1. The molecule has 0 unspecified atom stereocenters. The first-order chi connectivity index (χ1) is 13.6. The number of phenols is 1. The lowest BCUT2D eigenvalue weighted by Gasteiger charge is -2.27. The first kappa shape index (κ1) is 20.6. The largest absolute Gasteiger partial charge is 0.508 e. The van der Waals surface area contributed by atoms with Gasteiger partial charge in [-0.25, -0.2) is 0 Å². The van der Waals surface area contributed by atoms with Crippen molar-refractivity contribution in [3.8, 4) is 11.5 Å². The van der Waals surface area contributed by atoms with Gasteiger partial charge in [-0.2, -0.15) is 0 Å². The molecular formula is C25H26O4. The second kappa shape index (κ2) is 8.10. The number of allylic oxidation sites excluding steroid dienone is 1. The molecule has 3 rings (SSSR count). The van der Waals surface area contributed by atoms with Gasteiger partial charge < -0.3 is 14.9 Å². The molecule has 1 aliphatic rings. The Hall–Kier alpha value is -3.11. The molecule has 1 heterocycles. The molecular weight excluding hydrogens is 364 g/mol. The van der Waals surface area contributed by atoms with Crippen molar-refractivity contribution in [1.29, 1.82) is 0 Å². The first-order valence-electron chi connectivity index (χ1n) is 9.55. The van der Waals surface area contributed by atoms with Gasteiger partial charge >= 0.3 is 0 Å². The average Bonchev–Trinajstić information content (AvgIpc) is 2.67. The molecule has 150 valence electrons. The highest BCUT2D eigenvalue weighted by Gasteiger charge is 2.21. The highest BCUT2D eigenvalue weighted by Crippen LogP contribution is 2.31. The van der Waals surface area contributed by atoms with E-state index in [0.717, 1.165) is 16.9 Å². The zero-order valence-electron chi connectivity index (χ0n) is 17.0. The summed E-state index contributed by atoms with van der Waals surface area (Å²) in [5, 5.41) is 20.0. The summed E-state index contributed by atoms with van der Waals surface area (Å²) < 4.78 is 5.91. The standard InChI is InChI=1S/C25H26O4/c1-16(2)23(28)15-20-14-18(7-9-22(20)27)21(26)8-5-17-6-10-24-19(13-17)11-12-25(3,4)29-24/h5-14,23,27-28H,1,15H2,2-4H3/b8-5+/t23-/m0/s1. The molecule has 0 bridgehead atoms. The van der Waals surface area contributed by atoms with Gasteiger partial charge in [0, 0.05) is 17.5 Å². The Morgan fingerprint density at radius 1 is 1.24 bits per heavy atom. The minimum absolute atomic E-state index is 0.0511. The number of phenolic OH excluding ortho intramolecular Hbond substituents is 1. The van der Waals surface area contributed by atoms with E-state index in [1.807, 2.05) is 44.2 Å². The maximum Gasteiger partial charge on any atom is 0.185 e. The van der Waals surface area contributed by atoms with Gasteiger partial charge in [0.1, 0.15) is 17.1 Å². The molecule has 1 atom stereocenters. The number of benzene rings is 2. The minimum atomic E-state index is -0.766. The van der Waals surface area contributed by atoms with Crippen LogP contribution in [0.1, 0.15) is 47.8 Å². The Kier molecular flexibility index (Phi) is 5.76. The van der Waals surface area contributed by atoms with Gasteiger partial charge in [0.25, 0.3) is 0 Å². The lowest BCUT2D eigenvalue weighted by Crippen LogP contribution is -2.27. The quantitative estimate of drug-likeness (QED) is 0.416. The summed E-state index contributed by atoms with van der Waals surface area (Å²) in [6, 6.07) is 10.4. The van der Waals surface area contributed by atoms with E-state index in [-0.39, 0.29) is 23.6 Å². The molecule has 0 aromatic heterocycles.